The molecule has 1 aromatic carbocycles. The Morgan fingerprint density at radius 2 is 1.42 bits per heavy atom. The third kappa shape index (κ3) is 4.24. The zero-order valence-corrected chi connectivity index (χ0v) is 13.2. The van der Waals surface area contributed by atoms with Gasteiger partial charge in [-0.3, -0.25) is 4.79 Å². The van der Waals surface area contributed by atoms with Gasteiger partial charge in [0.25, 0.3) is 0 Å². The molecule has 0 aliphatic carbocycles. The molecule has 1 N–H and O–H groups in total. The van der Waals surface area contributed by atoms with Crippen LogP contribution in [0.15, 0.2) is 30.3 Å². The quantitative estimate of drug-likeness (QED) is 0.673. The third-order valence-electron chi connectivity index (χ3n) is 3.55. The van der Waals surface area contributed by atoms with Crippen molar-refractivity contribution < 1.29 is 44.3 Å². The summed E-state index contributed by atoms with van der Waals surface area (Å²) >= 11 is 0. The van der Waals surface area contributed by atoms with Crippen LogP contribution in [0, 0.1) is 0 Å². The van der Waals surface area contributed by atoms with E-state index in [1.807, 2.05) is 0 Å². The Balaban J connectivity index is 3.18. The molecule has 0 heterocycles. The highest BCUT2D eigenvalue weighted by atomic mass is 19.4. The van der Waals surface area contributed by atoms with Gasteiger partial charge in [0, 0.05) is 6.92 Å². The van der Waals surface area contributed by atoms with Gasteiger partial charge in [0.2, 0.25) is 5.91 Å². The van der Waals surface area contributed by atoms with Crippen molar-refractivity contribution in [2.24, 2.45) is 0 Å². The van der Waals surface area contributed by atoms with Crippen LogP contribution in [-0.4, -0.2) is 35.9 Å². The molecule has 2 nitrogen and oxygen atoms in total. The van der Waals surface area contributed by atoms with Crippen molar-refractivity contribution in [3.05, 3.63) is 35.9 Å². The molecule has 0 saturated carbocycles. The van der Waals surface area contributed by atoms with Gasteiger partial charge in [-0.15, -0.1) is 0 Å². The van der Waals surface area contributed by atoms with Gasteiger partial charge in [-0.1, -0.05) is 30.3 Å². The lowest BCUT2D eigenvalue weighted by molar-refractivity contribution is -0.399. The average molecular weight is 395 g/mol. The molecule has 1 unspecified atom stereocenters. The van der Waals surface area contributed by atoms with Crippen molar-refractivity contribution >= 4 is 5.91 Å². The average Bonchev–Trinajstić information content (AvgIpc) is 2.50. The van der Waals surface area contributed by atoms with Gasteiger partial charge >= 0.3 is 23.9 Å². The van der Waals surface area contributed by atoms with E-state index in [1.165, 1.54) is 29.6 Å². The van der Waals surface area contributed by atoms with E-state index >= 15 is 0 Å². The van der Waals surface area contributed by atoms with Crippen molar-refractivity contribution in [3.8, 4) is 0 Å². The summed E-state index contributed by atoms with van der Waals surface area (Å²) in [6.07, 6.45) is -8.25. The van der Waals surface area contributed by atoms with Crippen LogP contribution in [0.3, 0.4) is 0 Å². The van der Waals surface area contributed by atoms with Crippen molar-refractivity contribution in [1.29, 1.82) is 0 Å². The maximum Gasteiger partial charge on any atom is 0.460 e. The molecule has 0 fully saturated rings. The van der Waals surface area contributed by atoms with Crippen molar-refractivity contribution in [1.82, 2.24) is 5.32 Å². The summed E-state index contributed by atoms with van der Waals surface area (Å²) in [7, 11) is 0. The highest BCUT2D eigenvalue weighted by molar-refractivity contribution is 5.73. The van der Waals surface area contributed by atoms with E-state index < -0.39 is 42.3 Å². The molecule has 1 rings (SSSR count). The van der Waals surface area contributed by atoms with Crippen LogP contribution in [0.1, 0.15) is 18.9 Å². The normalized spacial score (nSPS) is 14.8. The Morgan fingerprint density at radius 1 is 0.923 bits per heavy atom. The maximum atomic E-state index is 14.0. The second kappa shape index (κ2) is 7.36. The Labute approximate surface area is 142 Å². The largest absolute Gasteiger partial charge is 0.460 e. The number of halogens is 9. The van der Waals surface area contributed by atoms with E-state index in [4.69, 9.17) is 0 Å². The molecule has 1 atom stereocenters. The minimum atomic E-state index is -6.99. The summed E-state index contributed by atoms with van der Waals surface area (Å²) in [5, 5.41) is 1.35. The summed E-state index contributed by atoms with van der Waals surface area (Å²) in [6.45, 7) is 0.644. The zero-order valence-electron chi connectivity index (χ0n) is 13.2. The summed E-state index contributed by atoms with van der Waals surface area (Å²) in [4.78, 5) is 11.0. The fourth-order valence-corrected chi connectivity index (χ4v) is 2.15. The Kier molecular flexibility index (Phi) is 6.25. The lowest BCUT2D eigenvalue weighted by atomic mass is 9.92. The fourth-order valence-electron chi connectivity index (χ4n) is 2.15. The van der Waals surface area contributed by atoms with Crippen LogP contribution in [0.4, 0.5) is 39.5 Å². The molecule has 148 valence electrons. The van der Waals surface area contributed by atoms with E-state index in [2.05, 4.69) is 0 Å². The first kappa shape index (κ1) is 22.1. The van der Waals surface area contributed by atoms with E-state index in [0.717, 1.165) is 0 Å². The van der Waals surface area contributed by atoms with Crippen molar-refractivity contribution in [3.63, 3.8) is 0 Å². The molecule has 0 spiro atoms. The van der Waals surface area contributed by atoms with Crippen LogP contribution in [0.25, 0.3) is 0 Å². The molecule has 1 aromatic rings. The second-order valence-electron chi connectivity index (χ2n) is 5.55. The summed E-state index contributed by atoms with van der Waals surface area (Å²) < 4.78 is 118. The molecule has 0 aliphatic rings. The highest BCUT2D eigenvalue weighted by Crippen LogP contribution is 2.54. The van der Waals surface area contributed by atoms with Gasteiger partial charge in [-0.05, 0) is 18.4 Å². The maximum absolute atomic E-state index is 14.0. The lowest BCUT2D eigenvalue weighted by Crippen LogP contribution is -2.67. The molecule has 26 heavy (non-hydrogen) atoms. The Bertz CT molecular complexity index is 613. The standard InChI is InChI=1S/C15H14F9NO/c1-9(26)25-11(8-7-10-5-3-2-4-6-10)12(16,17)13(18,19)14(20,21)15(22,23)24/h2-6,11H,7-8H2,1H3,(H,25,26). The van der Waals surface area contributed by atoms with Gasteiger partial charge in [0.1, 0.15) is 0 Å². The predicted molar refractivity (Wildman–Crippen MR) is 73.3 cm³/mol. The number of rotatable bonds is 7. The smallest absolute Gasteiger partial charge is 0.347 e. The predicted octanol–water partition coefficient (Wildman–Crippen LogP) is 4.59. The van der Waals surface area contributed by atoms with E-state index in [0.29, 0.717) is 12.5 Å². The van der Waals surface area contributed by atoms with Crippen molar-refractivity contribution in [2.45, 2.75) is 49.8 Å². The van der Waals surface area contributed by atoms with E-state index in [-0.39, 0.29) is 6.42 Å². The molecule has 0 aromatic heterocycles. The molecule has 0 saturated heterocycles. The van der Waals surface area contributed by atoms with Gasteiger partial charge in [0.05, 0.1) is 6.04 Å². The Morgan fingerprint density at radius 3 is 1.85 bits per heavy atom. The number of hydrogen-bond donors (Lipinski definition) is 1. The SMILES string of the molecule is CC(=O)NC(CCc1ccccc1)C(F)(F)C(F)(F)C(F)(F)C(F)(F)F. The molecule has 0 aliphatic heterocycles. The molecule has 11 heteroatoms. The number of hydrogen-bond acceptors (Lipinski definition) is 1. The van der Waals surface area contributed by atoms with E-state index in [9.17, 15) is 44.3 Å². The molecule has 0 bridgehead atoms. The fraction of sp³-hybridized carbons (Fsp3) is 0.533. The number of amides is 1. The first-order chi connectivity index (χ1) is 11.6. The van der Waals surface area contributed by atoms with Crippen molar-refractivity contribution in [2.75, 3.05) is 0 Å². The van der Waals surface area contributed by atoms with Crippen LogP contribution in [0.5, 0.6) is 0 Å². The topological polar surface area (TPSA) is 29.1 Å². The molecule has 1 amide bonds. The number of carbonyl (C=O) groups excluding carboxylic acids is 1. The van der Waals surface area contributed by atoms with E-state index in [1.54, 1.807) is 6.07 Å². The highest BCUT2D eigenvalue weighted by Gasteiger charge is 2.82. The molecule has 0 radical (unpaired) electrons. The molecular weight excluding hydrogens is 381 g/mol. The van der Waals surface area contributed by atoms with Gasteiger partial charge in [0.15, 0.2) is 0 Å². The Hall–Kier alpha value is -1.94. The van der Waals surface area contributed by atoms with Gasteiger partial charge < -0.3 is 5.32 Å². The third-order valence-corrected chi connectivity index (χ3v) is 3.55. The van der Waals surface area contributed by atoms with Crippen LogP contribution in [-0.2, 0) is 11.2 Å². The van der Waals surface area contributed by atoms with Gasteiger partial charge in [-0.25, -0.2) is 0 Å². The van der Waals surface area contributed by atoms with Crippen LogP contribution in [0.2, 0.25) is 0 Å². The summed E-state index contributed by atoms with van der Waals surface area (Å²) in [6, 6.07) is 4.39. The number of aryl methyl sites for hydroxylation is 1. The summed E-state index contributed by atoms with van der Waals surface area (Å²) in [5.74, 6) is -20.9. The summed E-state index contributed by atoms with van der Waals surface area (Å²) in [5.41, 5.74) is 0.338. The lowest BCUT2D eigenvalue weighted by Gasteiger charge is -2.37. The molecular formula is C15H14F9NO. The minimum Gasteiger partial charge on any atom is -0.347 e. The van der Waals surface area contributed by atoms with Crippen LogP contribution >= 0.6 is 0 Å². The first-order valence-corrected chi connectivity index (χ1v) is 7.15. The zero-order chi connectivity index (χ0) is 20.4. The monoisotopic (exact) mass is 395 g/mol. The minimum absolute atomic E-state index is 0.338. The second-order valence-corrected chi connectivity index (χ2v) is 5.55. The van der Waals surface area contributed by atoms with Gasteiger partial charge in [-0.2, -0.15) is 39.5 Å². The van der Waals surface area contributed by atoms with Crippen LogP contribution < -0.4 is 5.32 Å². The number of alkyl halides is 9. The number of nitrogens with one attached hydrogen (secondary N) is 1. The first-order valence-electron chi connectivity index (χ1n) is 7.15. The number of carbonyl (C=O) groups is 1. The number of benzene rings is 1.